The van der Waals surface area contributed by atoms with E-state index in [9.17, 15) is 9.59 Å². The lowest BCUT2D eigenvalue weighted by molar-refractivity contribution is -0.157. The first-order valence-electron chi connectivity index (χ1n) is 8.90. The van der Waals surface area contributed by atoms with E-state index in [1.54, 1.807) is 6.92 Å². The van der Waals surface area contributed by atoms with Gasteiger partial charge in [-0.05, 0) is 44.3 Å². The van der Waals surface area contributed by atoms with Crippen molar-refractivity contribution in [1.29, 1.82) is 0 Å². The van der Waals surface area contributed by atoms with Crippen molar-refractivity contribution in [2.75, 3.05) is 13.1 Å². The van der Waals surface area contributed by atoms with Crippen molar-refractivity contribution >= 4 is 11.8 Å². The van der Waals surface area contributed by atoms with Gasteiger partial charge in [0.05, 0.1) is 5.54 Å². The minimum absolute atomic E-state index is 0.199. The standard InChI is InChI=1S/C20H31NO3/c1-7-17(23)24-16-13-18(3,4)20(15(2)22,19(5,6)14-16)21-11-9-8-10-12-21/h7,13H,1,8-12,14H2,2-6H3. The third-order valence-corrected chi connectivity index (χ3v) is 5.79. The van der Waals surface area contributed by atoms with Gasteiger partial charge in [-0.2, -0.15) is 0 Å². The number of esters is 1. The molecule has 2 aliphatic rings. The van der Waals surface area contributed by atoms with Gasteiger partial charge in [0.15, 0.2) is 5.78 Å². The van der Waals surface area contributed by atoms with Crippen molar-refractivity contribution in [2.45, 2.75) is 65.8 Å². The minimum Gasteiger partial charge on any atom is -0.428 e. The zero-order chi connectivity index (χ0) is 18.2. The van der Waals surface area contributed by atoms with Gasteiger partial charge in [-0.15, -0.1) is 0 Å². The highest BCUT2D eigenvalue weighted by Gasteiger charge is 2.63. The Bertz CT molecular complexity index is 567. The highest BCUT2D eigenvalue weighted by molar-refractivity contribution is 5.89. The van der Waals surface area contributed by atoms with Gasteiger partial charge in [0.1, 0.15) is 5.76 Å². The molecule has 24 heavy (non-hydrogen) atoms. The molecule has 1 heterocycles. The third kappa shape index (κ3) is 2.85. The summed E-state index contributed by atoms with van der Waals surface area (Å²) >= 11 is 0. The zero-order valence-corrected chi connectivity index (χ0v) is 15.8. The SMILES string of the molecule is C=CC(=O)OC1=CC(C)(C)C(C(C)=O)(N2CCCCC2)C(C)(C)C1. The topological polar surface area (TPSA) is 46.6 Å². The highest BCUT2D eigenvalue weighted by Crippen LogP contribution is 2.57. The molecule has 1 atom stereocenters. The first kappa shape index (κ1) is 18.9. The van der Waals surface area contributed by atoms with Crippen LogP contribution < -0.4 is 0 Å². The lowest BCUT2D eigenvalue weighted by Gasteiger charge is -2.62. The van der Waals surface area contributed by atoms with Crippen LogP contribution in [0.3, 0.4) is 0 Å². The van der Waals surface area contributed by atoms with Crippen molar-refractivity contribution in [3.63, 3.8) is 0 Å². The summed E-state index contributed by atoms with van der Waals surface area (Å²) in [6, 6.07) is 0. The maximum Gasteiger partial charge on any atom is 0.335 e. The van der Waals surface area contributed by atoms with Crippen LogP contribution in [0, 0.1) is 10.8 Å². The number of rotatable bonds is 4. The number of nitrogens with zero attached hydrogens (tertiary/aromatic N) is 1. The van der Waals surface area contributed by atoms with Crippen LogP contribution in [0.4, 0.5) is 0 Å². The number of piperidine rings is 1. The average Bonchev–Trinajstić information content (AvgIpc) is 2.45. The molecule has 4 nitrogen and oxygen atoms in total. The second kappa shape index (κ2) is 6.47. The Labute approximate surface area is 145 Å². The van der Waals surface area contributed by atoms with Crippen LogP contribution in [-0.4, -0.2) is 35.3 Å². The summed E-state index contributed by atoms with van der Waals surface area (Å²) in [6.07, 6.45) is 7.20. The molecule has 1 aliphatic carbocycles. The van der Waals surface area contributed by atoms with Crippen LogP contribution in [0.25, 0.3) is 0 Å². The number of hydrogen-bond donors (Lipinski definition) is 0. The predicted molar refractivity (Wildman–Crippen MR) is 95.4 cm³/mol. The van der Waals surface area contributed by atoms with E-state index >= 15 is 0 Å². The summed E-state index contributed by atoms with van der Waals surface area (Å²) < 4.78 is 5.45. The highest BCUT2D eigenvalue weighted by atomic mass is 16.5. The fourth-order valence-electron chi connectivity index (χ4n) is 5.45. The molecule has 2 rings (SSSR count). The van der Waals surface area contributed by atoms with Gasteiger partial charge in [0.25, 0.3) is 0 Å². The number of likely N-dealkylation sites (tertiary alicyclic amines) is 1. The van der Waals surface area contributed by atoms with E-state index in [1.807, 2.05) is 6.08 Å². The normalized spacial score (nSPS) is 29.5. The Morgan fingerprint density at radius 1 is 1.17 bits per heavy atom. The quantitative estimate of drug-likeness (QED) is 0.579. The van der Waals surface area contributed by atoms with Gasteiger partial charge in [-0.1, -0.05) is 40.7 Å². The molecule has 4 heteroatoms. The molecule has 1 unspecified atom stereocenters. The van der Waals surface area contributed by atoms with E-state index in [0.29, 0.717) is 12.2 Å². The van der Waals surface area contributed by atoms with Crippen LogP contribution in [0.2, 0.25) is 0 Å². The van der Waals surface area contributed by atoms with E-state index in [4.69, 9.17) is 4.74 Å². The Kier molecular flexibility index (Phi) is 5.10. The number of Topliss-reactive ketones (excluding diaryl/α,β-unsaturated/α-hetero) is 1. The monoisotopic (exact) mass is 333 g/mol. The molecule has 1 fully saturated rings. The van der Waals surface area contributed by atoms with Crippen molar-refractivity contribution in [2.24, 2.45) is 10.8 Å². The Balaban J connectivity index is 2.55. The molecule has 0 aromatic rings. The first-order chi connectivity index (χ1) is 11.1. The van der Waals surface area contributed by atoms with Crippen LogP contribution in [-0.2, 0) is 14.3 Å². The molecule has 0 bridgehead atoms. The van der Waals surface area contributed by atoms with Gasteiger partial charge in [-0.25, -0.2) is 4.79 Å². The Hall–Kier alpha value is -1.42. The molecule has 0 radical (unpaired) electrons. The second-order valence-electron chi connectivity index (χ2n) is 8.33. The zero-order valence-electron chi connectivity index (χ0n) is 15.8. The van der Waals surface area contributed by atoms with Gasteiger partial charge < -0.3 is 4.74 Å². The summed E-state index contributed by atoms with van der Waals surface area (Å²) in [5.41, 5.74) is -1.37. The van der Waals surface area contributed by atoms with Gasteiger partial charge in [0.2, 0.25) is 0 Å². The fourth-order valence-corrected chi connectivity index (χ4v) is 5.45. The van der Waals surface area contributed by atoms with Gasteiger partial charge in [-0.3, -0.25) is 9.69 Å². The summed E-state index contributed by atoms with van der Waals surface area (Å²) in [5.74, 6) is 0.398. The van der Waals surface area contributed by atoms with Gasteiger partial charge in [0, 0.05) is 17.9 Å². The summed E-state index contributed by atoms with van der Waals surface area (Å²) in [5, 5.41) is 0. The fraction of sp³-hybridized carbons (Fsp3) is 0.700. The molecule has 0 amide bonds. The lowest BCUT2D eigenvalue weighted by Crippen LogP contribution is -2.71. The Morgan fingerprint density at radius 3 is 2.21 bits per heavy atom. The first-order valence-corrected chi connectivity index (χ1v) is 8.90. The molecule has 1 saturated heterocycles. The molecule has 0 aromatic carbocycles. The summed E-state index contributed by atoms with van der Waals surface area (Å²) in [4.78, 5) is 27.1. The van der Waals surface area contributed by atoms with E-state index < -0.39 is 16.9 Å². The number of carbonyl (C=O) groups is 2. The van der Waals surface area contributed by atoms with Crippen LogP contribution in [0.5, 0.6) is 0 Å². The molecule has 0 spiro atoms. The third-order valence-electron chi connectivity index (χ3n) is 5.79. The largest absolute Gasteiger partial charge is 0.428 e. The van der Waals surface area contributed by atoms with E-state index in [2.05, 4.69) is 39.2 Å². The lowest BCUT2D eigenvalue weighted by atomic mass is 9.51. The number of ketones is 1. The molecule has 134 valence electrons. The smallest absolute Gasteiger partial charge is 0.335 e. The van der Waals surface area contributed by atoms with Crippen molar-refractivity contribution in [3.8, 4) is 0 Å². The summed E-state index contributed by atoms with van der Waals surface area (Å²) in [6.45, 7) is 15.5. The number of ether oxygens (including phenoxy) is 1. The molecular weight excluding hydrogens is 302 g/mol. The minimum atomic E-state index is -0.593. The van der Waals surface area contributed by atoms with Crippen molar-refractivity contribution in [3.05, 3.63) is 24.5 Å². The Morgan fingerprint density at radius 2 is 1.75 bits per heavy atom. The van der Waals surface area contributed by atoms with Crippen LogP contribution >= 0.6 is 0 Å². The maximum atomic E-state index is 13.0. The van der Waals surface area contributed by atoms with E-state index in [0.717, 1.165) is 25.9 Å². The molecule has 0 saturated carbocycles. The van der Waals surface area contributed by atoms with Gasteiger partial charge >= 0.3 is 5.97 Å². The maximum absolute atomic E-state index is 13.0. The number of carbonyl (C=O) groups excluding carboxylic acids is 2. The van der Waals surface area contributed by atoms with Crippen LogP contribution in [0.1, 0.15) is 60.3 Å². The average molecular weight is 333 g/mol. The molecular formula is C20H31NO3. The second-order valence-corrected chi connectivity index (χ2v) is 8.33. The van der Waals surface area contributed by atoms with Crippen molar-refractivity contribution < 1.29 is 14.3 Å². The molecule has 1 aliphatic heterocycles. The number of allylic oxidation sites excluding steroid dienone is 1. The predicted octanol–water partition coefficient (Wildman–Crippen LogP) is 3.87. The van der Waals surface area contributed by atoms with Crippen LogP contribution in [0.15, 0.2) is 24.5 Å². The number of hydrogen-bond acceptors (Lipinski definition) is 4. The molecule has 0 N–H and O–H groups in total. The van der Waals surface area contributed by atoms with E-state index in [-0.39, 0.29) is 11.2 Å². The molecule has 0 aromatic heterocycles. The summed E-state index contributed by atoms with van der Waals surface area (Å²) in [7, 11) is 0. The van der Waals surface area contributed by atoms with Crippen molar-refractivity contribution in [1.82, 2.24) is 4.90 Å². The van der Waals surface area contributed by atoms with E-state index in [1.165, 1.54) is 12.5 Å².